The van der Waals surface area contributed by atoms with Crippen LogP contribution >= 0.6 is 0 Å². The first-order chi connectivity index (χ1) is 8.83. The fraction of sp³-hybridized carbons (Fsp3) is 0.800. The molecule has 3 nitrogen and oxygen atoms in total. The molecule has 4 aliphatic heterocycles. The molecule has 0 saturated carbocycles. The summed E-state index contributed by atoms with van der Waals surface area (Å²) in [5.74, 6) is 1.80. The second-order valence-corrected chi connectivity index (χ2v) is 6.48. The molecule has 4 atom stereocenters. The largest absolute Gasteiger partial charge is 0.335 e. The summed E-state index contributed by atoms with van der Waals surface area (Å²) in [7, 11) is 0. The van der Waals surface area contributed by atoms with Crippen LogP contribution in [0.5, 0.6) is 0 Å². The Labute approximate surface area is 109 Å². The van der Waals surface area contributed by atoms with E-state index in [4.69, 9.17) is 0 Å². The third-order valence-electron chi connectivity index (χ3n) is 5.50. The first kappa shape index (κ1) is 11.0. The highest BCUT2D eigenvalue weighted by atomic mass is 16.2. The number of rotatable bonds is 0. The number of carbonyl (C=O) groups excluding carboxylic acids is 1. The van der Waals surface area contributed by atoms with Gasteiger partial charge in [-0.05, 0) is 37.6 Å². The van der Waals surface area contributed by atoms with Crippen LogP contribution in [-0.4, -0.2) is 47.4 Å². The van der Waals surface area contributed by atoms with E-state index in [0.29, 0.717) is 24.3 Å². The van der Waals surface area contributed by atoms with E-state index in [9.17, 15) is 4.79 Å². The molecule has 0 N–H and O–H groups in total. The minimum atomic E-state index is 0.362. The molecule has 0 aromatic carbocycles. The highest BCUT2D eigenvalue weighted by Crippen LogP contribution is 2.41. The highest BCUT2D eigenvalue weighted by molar-refractivity contribution is 5.79. The van der Waals surface area contributed by atoms with E-state index in [1.165, 1.54) is 38.8 Å². The monoisotopic (exact) mass is 246 g/mol. The topological polar surface area (TPSA) is 23.6 Å². The fourth-order valence-corrected chi connectivity index (χ4v) is 4.73. The summed E-state index contributed by atoms with van der Waals surface area (Å²) in [5, 5.41) is 0. The molecule has 3 saturated heterocycles. The molecule has 0 spiro atoms. The van der Waals surface area contributed by atoms with Crippen LogP contribution in [-0.2, 0) is 4.79 Å². The number of hydrogen-bond acceptors (Lipinski definition) is 2. The van der Waals surface area contributed by atoms with Gasteiger partial charge in [0.05, 0.1) is 6.04 Å². The van der Waals surface area contributed by atoms with E-state index in [2.05, 4.69) is 22.0 Å². The molecule has 0 aromatic heterocycles. The Balaban J connectivity index is 1.63. The van der Waals surface area contributed by atoms with Crippen molar-refractivity contribution in [2.24, 2.45) is 11.8 Å². The van der Waals surface area contributed by atoms with Gasteiger partial charge in [0.15, 0.2) is 0 Å². The van der Waals surface area contributed by atoms with Crippen molar-refractivity contribution >= 4 is 5.91 Å². The van der Waals surface area contributed by atoms with Crippen molar-refractivity contribution in [1.29, 1.82) is 0 Å². The van der Waals surface area contributed by atoms with Gasteiger partial charge in [-0.3, -0.25) is 9.69 Å². The average Bonchev–Trinajstić information content (AvgIpc) is 2.40. The molecule has 0 aromatic rings. The van der Waals surface area contributed by atoms with E-state index < -0.39 is 0 Å². The van der Waals surface area contributed by atoms with Crippen molar-refractivity contribution in [3.63, 3.8) is 0 Å². The number of hydrogen-bond donors (Lipinski definition) is 0. The number of carbonyl (C=O) groups is 1. The number of amides is 1. The molecule has 0 radical (unpaired) electrons. The summed E-state index contributed by atoms with van der Waals surface area (Å²) in [6.07, 6.45) is 10.5. The Kier molecular flexibility index (Phi) is 2.51. The molecule has 4 aliphatic rings. The summed E-state index contributed by atoms with van der Waals surface area (Å²) in [5.41, 5.74) is 0. The van der Waals surface area contributed by atoms with Gasteiger partial charge in [-0.25, -0.2) is 0 Å². The quantitative estimate of drug-likeness (QED) is 0.607. The van der Waals surface area contributed by atoms with Gasteiger partial charge in [-0.1, -0.05) is 18.6 Å². The van der Waals surface area contributed by atoms with Crippen LogP contribution in [0.25, 0.3) is 0 Å². The smallest absolute Gasteiger partial charge is 0.226 e. The van der Waals surface area contributed by atoms with Crippen LogP contribution in [0.1, 0.15) is 32.1 Å². The Morgan fingerprint density at radius 1 is 1.17 bits per heavy atom. The van der Waals surface area contributed by atoms with Crippen LogP contribution in [0.2, 0.25) is 0 Å². The SMILES string of the molecule is O=C1CC=C[C@@H]2[C@@H]3C[C@H](CN12)[C@@H]1CCCCN1C3. The van der Waals surface area contributed by atoms with E-state index in [-0.39, 0.29) is 0 Å². The van der Waals surface area contributed by atoms with Gasteiger partial charge in [-0.15, -0.1) is 0 Å². The van der Waals surface area contributed by atoms with Gasteiger partial charge in [0.2, 0.25) is 5.91 Å². The fourth-order valence-electron chi connectivity index (χ4n) is 4.73. The van der Waals surface area contributed by atoms with Crippen LogP contribution in [0, 0.1) is 11.8 Å². The van der Waals surface area contributed by atoms with Gasteiger partial charge in [-0.2, -0.15) is 0 Å². The van der Waals surface area contributed by atoms with E-state index in [1.54, 1.807) is 0 Å². The molecule has 0 unspecified atom stereocenters. The van der Waals surface area contributed by atoms with Crippen LogP contribution < -0.4 is 0 Å². The Morgan fingerprint density at radius 3 is 3.06 bits per heavy atom. The summed E-state index contributed by atoms with van der Waals surface area (Å²) >= 11 is 0. The van der Waals surface area contributed by atoms with Crippen molar-refractivity contribution in [2.75, 3.05) is 19.6 Å². The lowest BCUT2D eigenvalue weighted by atomic mass is 9.72. The molecule has 4 rings (SSSR count). The summed E-state index contributed by atoms with van der Waals surface area (Å²) in [6, 6.07) is 1.18. The lowest BCUT2D eigenvalue weighted by Gasteiger charge is -2.55. The Hall–Kier alpha value is -0.830. The summed E-state index contributed by atoms with van der Waals surface area (Å²) < 4.78 is 0. The Morgan fingerprint density at radius 2 is 2.11 bits per heavy atom. The summed E-state index contributed by atoms with van der Waals surface area (Å²) in [4.78, 5) is 17.0. The van der Waals surface area contributed by atoms with Crippen molar-refractivity contribution in [3.8, 4) is 0 Å². The van der Waals surface area contributed by atoms with Gasteiger partial charge in [0, 0.05) is 25.6 Å². The van der Waals surface area contributed by atoms with E-state index in [1.807, 2.05) is 0 Å². The predicted octanol–water partition coefficient (Wildman–Crippen LogP) is 1.65. The van der Waals surface area contributed by atoms with Gasteiger partial charge >= 0.3 is 0 Å². The first-order valence-electron chi connectivity index (χ1n) is 7.53. The lowest BCUT2D eigenvalue weighted by molar-refractivity contribution is -0.141. The van der Waals surface area contributed by atoms with Gasteiger partial charge < -0.3 is 4.90 Å². The lowest BCUT2D eigenvalue weighted by Crippen LogP contribution is -2.63. The van der Waals surface area contributed by atoms with E-state index >= 15 is 0 Å². The maximum atomic E-state index is 12.1. The summed E-state index contributed by atoms with van der Waals surface area (Å²) in [6.45, 7) is 3.54. The molecule has 3 heteroatoms. The number of piperidine rings is 3. The second kappa shape index (κ2) is 4.09. The number of nitrogens with zero attached hydrogens (tertiary/aromatic N) is 2. The minimum Gasteiger partial charge on any atom is -0.335 e. The molecule has 2 bridgehead atoms. The zero-order valence-corrected chi connectivity index (χ0v) is 10.9. The molecule has 1 amide bonds. The maximum absolute atomic E-state index is 12.1. The second-order valence-electron chi connectivity index (χ2n) is 6.48. The first-order valence-corrected chi connectivity index (χ1v) is 7.53. The Bertz CT molecular complexity index is 392. The van der Waals surface area contributed by atoms with Crippen molar-refractivity contribution in [3.05, 3.63) is 12.2 Å². The molecule has 18 heavy (non-hydrogen) atoms. The average molecular weight is 246 g/mol. The van der Waals surface area contributed by atoms with Crippen molar-refractivity contribution < 1.29 is 4.79 Å². The normalized spacial score (nSPS) is 43.6. The molecule has 4 heterocycles. The van der Waals surface area contributed by atoms with Crippen LogP contribution in [0.4, 0.5) is 0 Å². The maximum Gasteiger partial charge on any atom is 0.226 e. The zero-order chi connectivity index (χ0) is 12.1. The molecule has 0 aliphatic carbocycles. The van der Waals surface area contributed by atoms with Gasteiger partial charge in [0.25, 0.3) is 0 Å². The minimum absolute atomic E-state index is 0.362. The highest BCUT2D eigenvalue weighted by Gasteiger charge is 2.46. The van der Waals surface area contributed by atoms with Crippen LogP contribution in [0.15, 0.2) is 12.2 Å². The van der Waals surface area contributed by atoms with Crippen LogP contribution in [0.3, 0.4) is 0 Å². The zero-order valence-electron chi connectivity index (χ0n) is 10.9. The predicted molar refractivity (Wildman–Crippen MR) is 70.1 cm³/mol. The number of fused-ring (bicyclic) bond motifs is 6. The third kappa shape index (κ3) is 1.56. The standard InChI is InChI=1S/C15H22N2O/c18-15-6-3-5-14-11-8-12(10-17(14)15)13-4-1-2-7-16(13)9-11/h3,5,11-14H,1-2,4,6-10H2/t11-,12-,13+,14-/m1/s1. The van der Waals surface area contributed by atoms with Gasteiger partial charge in [0.1, 0.15) is 0 Å². The molecule has 98 valence electrons. The van der Waals surface area contributed by atoms with E-state index in [0.717, 1.165) is 18.5 Å². The van der Waals surface area contributed by atoms with Crippen molar-refractivity contribution in [2.45, 2.75) is 44.2 Å². The molecular weight excluding hydrogens is 224 g/mol. The molecular formula is C15H22N2O. The molecule has 3 fully saturated rings. The third-order valence-corrected chi connectivity index (χ3v) is 5.50. The van der Waals surface area contributed by atoms with Crippen molar-refractivity contribution in [1.82, 2.24) is 9.80 Å².